The van der Waals surface area contributed by atoms with Gasteiger partial charge in [0, 0.05) is 11.9 Å². The molecular formula is C20H24BF3N2O4S. The van der Waals surface area contributed by atoms with Crippen LogP contribution in [0.3, 0.4) is 0 Å². The van der Waals surface area contributed by atoms with Gasteiger partial charge in [-0.15, -0.1) is 0 Å². The van der Waals surface area contributed by atoms with Gasteiger partial charge in [-0.25, -0.2) is 8.42 Å². The molecule has 0 radical (unpaired) electrons. The number of hydrogen-bond acceptors (Lipinski definition) is 5. The Kier molecular flexibility index (Phi) is 5.92. The molecule has 31 heavy (non-hydrogen) atoms. The van der Waals surface area contributed by atoms with E-state index in [0.29, 0.717) is 5.46 Å². The second kappa shape index (κ2) is 7.79. The molecule has 1 fully saturated rings. The first-order valence-corrected chi connectivity index (χ1v) is 11.2. The van der Waals surface area contributed by atoms with Crippen molar-refractivity contribution in [2.75, 3.05) is 4.72 Å². The molecule has 0 saturated carbocycles. The van der Waals surface area contributed by atoms with E-state index in [1.807, 2.05) is 34.6 Å². The number of alkyl halides is 3. The van der Waals surface area contributed by atoms with Gasteiger partial charge in [0.05, 0.1) is 22.5 Å². The molecule has 1 N–H and O–H groups in total. The van der Waals surface area contributed by atoms with Gasteiger partial charge < -0.3 is 9.31 Å². The predicted octanol–water partition coefficient (Wildman–Crippen LogP) is 3.65. The van der Waals surface area contributed by atoms with Crippen molar-refractivity contribution in [3.63, 3.8) is 0 Å². The van der Waals surface area contributed by atoms with Crippen LogP contribution in [-0.4, -0.2) is 31.7 Å². The molecule has 168 valence electrons. The number of rotatable bonds is 5. The first kappa shape index (κ1) is 23.6. The summed E-state index contributed by atoms with van der Waals surface area (Å²) >= 11 is 0. The lowest BCUT2D eigenvalue weighted by atomic mass is 9.76. The summed E-state index contributed by atoms with van der Waals surface area (Å²) in [6, 6.07) is 6.42. The zero-order chi connectivity index (χ0) is 23.2. The Morgan fingerprint density at radius 1 is 1.06 bits per heavy atom. The smallest absolute Gasteiger partial charge is 0.399 e. The number of halogens is 3. The molecule has 1 aliphatic heterocycles. The summed E-state index contributed by atoms with van der Waals surface area (Å²) in [5.41, 5.74) is -0.519. The van der Waals surface area contributed by atoms with Crippen molar-refractivity contribution in [2.24, 2.45) is 0 Å². The van der Waals surface area contributed by atoms with Gasteiger partial charge in [-0.1, -0.05) is 11.6 Å². The molecule has 0 amide bonds. The molecular weight excluding hydrogens is 432 g/mol. The third kappa shape index (κ3) is 5.21. The van der Waals surface area contributed by atoms with Crippen molar-refractivity contribution >= 4 is 28.3 Å². The molecule has 1 aromatic heterocycles. The molecule has 2 heterocycles. The van der Waals surface area contributed by atoms with E-state index in [1.54, 1.807) is 18.2 Å². The molecule has 3 rings (SSSR count). The number of aromatic nitrogens is 1. The summed E-state index contributed by atoms with van der Waals surface area (Å²) in [6.07, 6.45) is -3.64. The molecule has 0 atom stereocenters. The van der Waals surface area contributed by atoms with Crippen LogP contribution >= 0.6 is 0 Å². The maximum Gasteiger partial charge on any atom is 0.495 e. The lowest BCUT2D eigenvalue weighted by Gasteiger charge is -2.32. The van der Waals surface area contributed by atoms with Gasteiger partial charge in [-0.05, 0) is 64.3 Å². The van der Waals surface area contributed by atoms with Crippen LogP contribution in [0.5, 0.6) is 0 Å². The Bertz CT molecular complexity index is 1070. The van der Waals surface area contributed by atoms with Crippen LogP contribution in [0, 0.1) is 6.92 Å². The van der Waals surface area contributed by atoms with E-state index in [1.165, 1.54) is 0 Å². The van der Waals surface area contributed by atoms with E-state index in [0.717, 1.165) is 23.9 Å². The van der Waals surface area contributed by atoms with Crippen molar-refractivity contribution in [1.29, 1.82) is 0 Å². The molecule has 1 aromatic carbocycles. The van der Waals surface area contributed by atoms with Gasteiger partial charge in [-0.2, -0.15) is 13.2 Å². The highest BCUT2D eigenvalue weighted by Crippen LogP contribution is 2.37. The van der Waals surface area contributed by atoms with Gasteiger partial charge in [0.25, 0.3) is 0 Å². The summed E-state index contributed by atoms with van der Waals surface area (Å²) in [6.45, 7) is 9.51. The number of anilines is 1. The summed E-state index contributed by atoms with van der Waals surface area (Å²) in [7, 11) is -4.69. The second-order valence-electron chi connectivity index (χ2n) is 8.55. The lowest BCUT2D eigenvalue weighted by Crippen LogP contribution is -2.41. The Labute approximate surface area is 180 Å². The van der Waals surface area contributed by atoms with Crippen LogP contribution < -0.4 is 10.2 Å². The molecule has 11 heteroatoms. The average molecular weight is 456 g/mol. The highest BCUT2D eigenvalue weighted by atomic mass is 32.2. The Hall–Kier alpha value is -2.11. The second-order valence-corrected chi connectivity index (χ2v) is 10.3. The summed E-state index contributed by atoms with van der Waals surface area (Å²) < 4.78 is 78.2. The SMILES string of the molecule is Cc1ccc(NS(=O)(=O)Cc2cc(C(F)(F)F)ccn2)cc1B1OC(C)(C)C(C)(C)O1. The van der Waals surface area contributed by atoms with Gasteiger partial charge in [0.2, 0.25) is 10.0 Å². The number of pyridine rings is 1. The zero-order valence-corrected chi connectivity index (χ0v) is 18.7. The topological polar surface area (TPSA) is 77.5 Å². The third-order valence-corrected chi connectivity index (χ3v) is 6.76. The third-order valence-electron chi connectivity index (χ3n) is 5.54. The number of aryl methyl sites for hydroxylation is 1. The Morgan fingerprint density at radius 3 is 2.26 bits per heavy atom. The van der Waals surface area contributed by atoms with Crippen molar-refractivity contribution < 1.29 is 30.9 Å². The number of hydrogen-bond donors (Lipinski definition) is 1. The van der Waals surface area contributed by atoms with Crippen LogP contribution in [0.25, 0.3) is 0 Å². The highest BCUT2D eigenvalue weighted by molar-refractivity contribution is 7.91. The Morgan fingerprint density at radius 2 is 1.68 bits per heavy atom. The normalized spacial score (nSPS) is 18.3. The van der Waals surface area contributed by atoms with Crippen LogP contribution in [0.2, 0.25) is 0 Å². The summed E-state index contributed by atoms with van der Waals surface area (Å²) in [5, 5.41) is 0. The standard InChI is InChI=1S/C20H24BF3N2O4S/c1-13-6-7-15(11-17(13)21-29-18(2,3)19(4,5)30-21)26-31(27,28)12-16-10-14(8-9-25-16)20(22,23)24/h6-11,26H,12H2,1-5H3. The van der Waals surface area contributed by atoms with Gasteiger partial charge in [0.15, 0.2) is 0 Å². The zero-order valence-electron chi connectivity index (χ0n) is 17.9. The fourth-order valence-corrected chi connectivity index (χ4v) is 4.18. The first-order valence-electron chi connectivity index (χ1n) is 9.58. The van der Waals surface area contributed by atoms with Gasteiger partial charge >= 0.3 is 13.3 Å². The summed E-state index contributed by atoms with van der Waals surface area (Å²) in [4.78, 5) is 3.75. The Balaban J connectivity index is 1.81. The van der Waals surface area contributed by atoms with Gasteiger partial charge in [-0.3, -0.25) is 9.71 Å². The fraction of sp³-hybridized carbons (Fsp3) is 0.450. The van der Waals surface area contributed by atoms with E-state index >= 15 is 0 Å². The minimum Gasteiger partial charge on any atom is -0.399 e. The fourth-order valence-electron chi connectivity index (χ4n) is 3.07. The van der Waals surface area contributed by atoms with Crippen LogP contribution in [0.1, 0.15) is 44.5 Å². The lowest BCUT2D eigenvalue weighted by molar-refractivity contribution is -0.137. The van der Waals surface area contributed by atoms with Crippen molar-refractivity contribution in [3.05, 3.63) is 53.3 Å². The largest absolute Gasteiger partial charge is 0.495 e. The van der Waals surface area contributed by atoms with Crippen LogP contribution in [0.15, 0.2) is 36.5 Å². The predicted molar refractivity (Wildman–Crippen MR) is 112 cm³/mol. The van der Waals surface area contributed by atoms with E-state index < -0.39 is 45.8 Å². The number of nitrogens with one attached hydrogen (secondary N) is 1. The maximum atomic E-state index is 12.9. The monoisotopic (exact) mass is 456 g/mol. The molecule has 0 unspecified atom stereocenters. The quantitative estimate of drug-likeness (QED) is 0.696. The van der Waals surface area contributed by atoms with Crippen LogP contribution in [-0.2, 0) is 31.3 Å². The minimum atomic E-state index is -4.58. The van der Waals surface area contributed by atoms with E-state index in [4.69, 9.17) is 9.31 Å². The maximum absolute atomic E-state index is 12.9. The first-order chi connectivity index (χ1) is 14.1. The van der Waals surface area contributed by atoms with Crippen molar-refractivity contribution in [2.45, 2.75) is 57.7 Å². The van der Waals surface area contributed by atoms with Crippen molar-refractivity contribution in [3.8, 4) is 0 Å². The molecule has 0 bridgehead atoms. The van der Waals surface area contributed by atoms with Crippen LogP contribution in [0.4, 0.5) is 18.9 Å². The van der Waals surface area contributed by atoms with Crippen molar-refractivity contribution in [1.82, 2.24) is 4.98 Å². The van der Waals surface area contributed by atoms with Gasteiger partial charge in [0.1, 0.15) is 5.75 Å². The molecule has 1 saturated heterocycles. The average Bonchev–Trinajstić information content (AvgIpc) is 2.83. The molecule has 0 spiro atoms. The molecule has 0 aliphatic carbocycles. The summed E-state index contributed by atoms with van der Waals surface area (Å²) in [5.74, 6) is -0.698. The molecule has 2 aromatic rings. The van der Waals surface area contributed by atoms with E-state index in [-0.39, 0.29) is 11.4 Å². The van der Waals surface area contributed by atoms with E-state index in [9.17, 15) is 21.6 Å². The molecule has 6 nitrogen and oxygen atoms in total. The number of sulfonamides is 1. The minimum absolute atomic E-state index is 0.208. The van der Waals surface area contributed by atoms with E-state index in [2.05, 4.69) is 9.71 Å². The molecule has 1 aliphatic rings. The highest BCUT2D eigenvalue weighted by Gasteiger charge is 2.52. The number of benzene rings is 1. The number of nitrogens with zero attached hydrogens (tertiary/aromatic N) is 1.